The summed E-state index contributed by atoms with van der Waals surface area (Å²) in [4.78, 5) is 4.00. The van der Waals surface area contributed by atoms with Crippen LogP contribution in [0, 0.1) is 0 Å². The number of hydrogen-bond donors (Lipinski definition) is 2. The third-order valence-corrected chi connectivity index (χ3v) is 1.76. The predicted octanol–water partition coefficient (Wildman–Crippen LogP) is 1.11. The van der Waals surface area contributed by atoms with E-state index in [-0.39, 0.29) is 0 Å². The summed E-state index contributed by atoms with van der Waals surface area (Å²) in [6.07, 6.45) is 7.58. The van der Waals surface area contributed by atoms with Crippen molar-refractivity contribution in [2.45, 2.75) is 12.8 Å². The molecule has 13 heavy (non-hydrogen) atoms. The van der Waals surface area contributed by atoms with E-state index in [0.29, 0.717) is 12.4 Å². The zero-order chi connectivity index (χ0) is 9.52. The first-order valence-electron chi connectivity index (χ1n) is 4.39. The van der Waals surface area contributed by atoms with E-state index in [4.69, 9.17) is 11.5 Å². The summed E-state index contributed by atoms with van der Waals surface area (Å²) in [5.41, 5.74) is 12.1. The number of nitrogens with two attached hydrogens (primary N) is 2. The summed E-state index contributed by atoms with van der Waals surface area (Å²) in [7, 11) is 0. The molecule has 0 saturated heterocycles. The van der Waals surface area contributed by atoms with Crippen LogP contribution in [0.1, 0.15) is 12.0 Å². The minimum Gasteiger partial charge on any atom is -0.383 e. The zero-order valence-corrected chi connectivity index (χ0v) is 7.61. The van der Waals surface area contributed by atoms with E-state index in [9.17, 15) is 0 Å². The molecule has 0 aliphatic rings. The second kappa shape index (κ2) is 5.32. The maximum atomic E-state index is 5.67. The van der Waals surface area contributed by atoms with Gasteiger partial charge in [0.2, 0.25) is 0 Å². The maximum Gasteiger partial charge on any atom is 0.126 e. The Morgan fingerprint density at radius 2 is 2.23 bits per heavy atom. The van der Waals surface area contributed by atoms with E-state index in [1.807, 2.05) is 12.1 Å². The Kier molecular flexibility index (Phi) is 3.99. The van der Waals surface area contributed by atoms with Crippen molar-refractivity contribution in [1.82, 2.24) is 4.98 Å². The molecule has 0 radical (unpaired) electrons. The lowest BCUT2D eigenvalue weighted by Crippen LogP contribution is -1.97. The molecule has 1 aromatic heterocycles. The van der Waals surface area contributed by atoms with E-state index >= 15 is 0 Å². The van der Waals surface area contributed by atoms with Crippen LogP contribution in [0.5, 0.6) is 0 Å². The molecule has 1 aromatic rings. The third kappa shape index (κ3) is 3.25. The molecule has 0 atom stereocenters. The van der Waals surface area contributed by atoms with Crippen molar-refractivity contribution in [1.29, 1.82) is 0 Å². The quantitative estimate of drug-likeness (QED) is 0.677. The summed E-state index contributed by atoms with van der Waals surface area (Å²) in [5.74, 6) is 0.611. The van der Waals surface area contributed by atoms with Gasteiger partial charge in [0.25, 0.3) is 0 Å². The minimum atomic E-state index is 0.611. The smallest absolute Gasteiger partial charge is 0.126 e. The molecular formula is C10H15N3. The van der Waals surface area contributed by atoms with Gasteiger partial charge in [-0.3, -0.25) is 0 Å². The van der Waals surface area contributed by atoms with Crippen LogP contribution in [-0.4, -0.2) is 11.5 Å². The Bertz CT molecular complexity index is 281. The number of pyridine rings is 1. The van der Waals surface area contributed by atoms with Crippen LogP contribution in [-0.2, 0) is 6.42 Å². The molecule has 0 saturated carbocycles. The Balaban J connectivity index is 2.49. The van der Waals surface area contributed by atoms with E-state index < -0.39 is 0 Å². The molecule has 4 N–H and O–H groups in total. The molecule has 3 heteroatoms. The predicted molar refractivity (Wildman–Crippen MR) is 55.2 cm³/mol. The summed E-state index contributed by atoms with van der Waals surface area (Å²) < 4.78 is 0. The van der Waals surface area contributed by atoms with Gasteiger partial charge >= 0.3 is 0 Å². The number of allylic oxidation sites excluding steroid dienone is 1. The lowest BCUT2D eigenvalue weighted by Gasteiger charge is -1.99. The highest BCUT2D eigenvalue weighted by Crippen LogP contribution is 2.07. The van der Waals surface area contributed by atoms with Crippen molar-refractivity contribution in [2.24, 2.45) is 5.73 Å². The van der Waals surface area contributed by atoms with E-state index in [2.05, 4.69) is 17.1 Å². The highest BCUT2D eigenvalue weighted by Gasteiger charge is 1.94. The number of aromatic nitrogens is 1. The summed E-state index contributed by atoms with van der Waals surface area (Å²) in [5, 5.41) is 0. The Morgan fingerprint density at radius 1 is 1.38 bits per heavy atom. The molecular weight excluding hydrogens is 162 g/mol. The van der Waals surface area contributed by atoms with Crippen LogP contribution < -0.4 is 11.5 Å². The molecule has 0 spiro atoms. The van der Waals surface area contributed by atoms with E-state index in [1.165, 1.54) is 0 Å². The average molecular weight is 177 g/mol. The first-order chi connectivity index (χ1) is 6.34. The van der Waals surface area contributed by atoms with Gasteiger partial charge in [-0.25, -0.2) is 4.98 Å². The van der Waals surface area contributed by atoms with Crippen LogP contribution in [0.15, 0.2) is 30.5 Å². The number of nitrogen functional groups attached to an aromatic ring is 1. The molecule has 0 aromatic carbocycles. The Hall–Kier alpha value is -1.35. The van der Waals surface area contributed by atoms with Gasteiger partial charge < -0.3 is 11.5 Å². The van der Waals surface area contributed by atoms with Crippen molar-refractivity contribution in [2.75, 3.05) is 12.3 Å². The van der Waals surface area contributed by atoms with Crippen molar-refractivity contribution in [3.8, 4) is 0 Å². The SMILES string of the molecule is NCCC=CCc1cccnc1N. The molecule has 1 rings (SSSR count). The van der Waals surface area contributed by atoms with Crippen LogP contribution in [0.4, 0.5) is 5.82 Å². The number of nitrogens with zero attached hydrogens (tertiary/aromatic N) is 1. The van der Waals surface area contributed by atoms with Crippen LogP contribution in [0.25, 0.3) is 0 Å². The van der Waals surface area contributed by atoms with E-state index in [1.54, 1.807) is 6.20 Å². The topological polar surface area (TPSA) is 64.9 Å². The third-order valence-electron chi connectivity index (χ3n) is 1.76. The second-order valence-corrected chi connectivity index (χ2v) is 2.80. The monoisotopic (exact) mass is 177 g/mol. The molecule has 0 fully saturated rings. The van der Waals surface area contributed by atoms with Gasteiger partial charge in [-0.05, 0) is 31.0 Å². The van der Waals surface area contributed by atoms with Crippen molar-refractivity contribution in [3.05, 3.63) is 36.0 Å². The molecule has 0 amide bonds. The van der Waals surface area contributed by atoms with Crippen LogP contribution >= 0.6 is 0 Å². The lowest BCUT2D eigenvalue weighted by atomic mass is 10.2. The summed E-state index contributed by atoms with van der Waals surface area (Å²) >= 11 is 0. The van der Waals surface area contributed by atoms with Gasteiger partial charge in [0.15, 0.2) is 0 Å². The number of hydrogen-bond acceptors (Lipinski definition) is 3. The van der Waals surface area contributed by atoms with Crippen LogP contribution in [0.2, 0.25) is 0 Å². The van der Waals surface area contributed by atoms with Crippen molar-refractivity contribution < 1.29 is 0 Å². The summed E-state index contributed by atoms with van der Waals surface area (Å²) in [6, 6.07) is 3.87. The van der Waals surface area contributed by atoms with Gasteiger partial charge in [0.05, 0.1) is 0 Å². The standard InChI is InChI=1S/C10H15N3/c11-7-3-1-2-5-9-6-4-8-13-10(9)12/h1-2,4,6,8H,3,5,7,11H2,(H2,12,13). The van der Waals surface area contributed by atoms with Gasteiger partial charge in [-0.1, -0.05) is 18.2 Å². The molecule has 0 aliphatic heterocycles. The van der Waals surface area contributed by atoms with Crippen molar-refractivity contribution >= 4 is 5.82 Å². The van der Waals surface area contributed by atoms with Crippen molar-refractivity contribution in [3.63, 3.8) is 0 Å². The second-order valence-electron chi connectivity index (χ2n) is 2.80. The molecule has 0 bridgehead atoms. The minimum absolute atomic E-state index is 0.611. The number of rotatable bonds is 4. The van der Waals surface area contributed by atoms with Gasteiger partial charge in [-0.15, -0.1) is 0 Å². The molecule has 1 heterocycles. The molecule has 0 unspecified atom stereocenters. The fraction of sp³-hybridized carbons (Fsp3) is 0.300. The lowest BCUT2D eigenvalue weighted by molar-refractivity contribution is 1.00. The fourth-order valence-corrected chi connectivity index (χ4v) is 1.05. The Morgan fingerprint density at radius 3 is 2.92 bits per heavy atom. The normalized spacial score (nSPS) is 10.8. The highest BCUT2D eigenvalue weighted by atomic mass is 14.8. The van der Waals surface area contributed by atoms with Gasteiger partial charge in [-0.2, -0.15) is 0 Å². The molecule has 0 aliphatic carbocycles. The largest absolute Gasteiger partial charge is 0.383 e. The molecule has 70 valence electrons. The fourth-order valence-electron chi connectivity index (χ4n) is 1.05. The van der Waals surface area contributed by atoms with Gasteiger partial charge in [0, 0.05) is 6.20 Å². The Labute approximate surface area is 78.5 Å². The summed E-state index contributed by atoms with van der Waals surface area (Å²) in [6.45, 7) is 0.693. The maximum absolute atomic E-state index is 5.67. The van der Waals surface area contributed by atoms with Gasteiger partial charge in [0.1, 0.15) is 5.82 Å². The first kappa shape index (κ1) is 9.74. The highest BCUT2D eigenvalue weighted by molar-refractivity contribution is 5.39. The zero-order valence-electron chi connectivity index (χ0n) is 7.61. The van der Waals surface area contributed by atoms with E-state index in [0.717, 1.165) is 18.4 Å². The first-order valence-corrected chi connectivity index (χ1v) is 4.39. The van der Waals surface area contributed by atoms with Crippen LogP contribution in [0.3, 0.4) is 0 Å². The molecule has 3 nitrogen and oxygen atoms in total. The number of anilines is 1. The average Bonchev–Trinajstić information content (AvgIpc) is 2.15.